The Morgan fingerprint density at radius 2 is 2.12 bits per heavy atom. The molecule has 1 aromatic carbocycles. The molecular weight excluding hydrogens is 282 g/mol. The molecular formula is C13H18BrNO2. The average Bonchev–Trinajstić information content (AvgIpc) is 2.35. The minimum atomic E-state index is -0.262. The molecule has 0 bridgehead atoms. The zero-order valence-electron chi connectivity index (χ0n) is 10.4. The molecule has 0 aliphatic heterocycles. The quantitative estimate of drug-likeness (QED) is 0.849. The van der Waals surface area contributed by atoms with Crippen LogP contribution in [0.3, 0.4) is 0 Å². The third-order valence-corrected chi connectivity index (χ3v) is 3.44. The minimum absolute atomic E-state index is 0.0922. The largest absolute Gasteiger partial charge is 0.468 e. The number of nitrogens with one attached hydrogen (secondary N) is 1. The highest BCUT2D eigenvalue weighted by Gasteiger charge is 2.20. The van der Waals surface area contributed by atoms with Gasteiger partial charge >= 0.3 is 5.97 Å². The van der Waals surface area contributed by atoms with Gasteiger partial charge in [-0.05, 0) is 25.0 Å². The summed E-state index contributed by atoms with van der Waals surface area (Å²) in [6.45, 7) is 3.99. The van der Waals surface area contributed by atoms with E-state index in [4.69, 9.17) is 4.74 Å². The van der Waals surface area contributed by atoms with Crippen molar-refractivity contribution < 1.29 is 9.53 Å². The summed E-state index contributed by atoms with van der Waals surface area (Å²) in [6.07, 6.45) is 0.710. The zero-order valence-corrected chi connectivity index (χ0v) is 12.0. The van der Waals surface area contributed by atoms with Gasteiger partial charge in [0.05, 0.1) is 7.11 Å². The third kappa shape index (κ3) is 3.82. The van der Waals surface area contributed by atoms with Crippen molar-refractivity contribution in [1.29, 1.82) is 0 Å². The number of carbonyl (C=O) groups is 1. The molecule has 0 amide bonds. The second-order valence-electron chi connectivity index (χ2n) is 3.89. The number of carbonyl (C=O) groups excluding carboxylic acids is 1. The molecule has 2 atom stereocenters. The molecule has 1 unspecified atom stereocenters. The van der Waals surface area contributed by atoms with Gasteiger partial charge in [0, 0.05) is 10.5 Å². The molecule has 0 radical (unpaired) electrons. The lowest BCUT2D eigenvalue weighted by Crippen LogP contribution is -2.38. The van der Waals surface area contributed by atoms with E-state index in [0.717, 1.165) is 10.0 Å². The fraction of sp³-hybridized carbons (Fsp3) is 0.462. The van der Waals surface area contributed by atoms with Crippen LogP contribution in [0.4, 0.5) is 0 Å². The maximum absolute atomic E-state index is 11.5. The average molecular weight is 300 g/mol. The van der Waals surface area contributed by atoms with Gasteiger partial charge in [-0.2, -0.15) is 0 Å². The number of esters is 1. The van der Waals surface area contributed by atoms with Crippen molar-refractivity contribution in [3.8, 4) is 0 Å². The van der Waals surface area contributed by atoms with Crippen LogP contribution in [-0.2, 0) is 9.53 Å². The summed E-state index contributed by atoms with van der Waals surface area (Å²) in [5, 5.41) is 3.27. The molecule has 0 saturated carbocycles. The number of halogens is 1. The molecule has 3 nitrogen and oxygen atoms in total. The van der Waals surface area contributed by atoms with Crippen molar-refractivity contribution in [2.45, 2.75) is 32.4 Å². The summed E-state index contributed by atoms with van der Waals surface area (Å²) in [6, 6.07) is 7.81. The van der Waals surface area contributed by atoms with Gasteiger partial charge in [-0.15, -0.1) is 0 Å². The van der Waals surface area contributed by atoms with Gasteiger partial charge in [0.15, 0.2) is 0 Å². The Morgan fingerprint density at radius 3 is 2.65 bits per heavy atom. The van der Waals surface area contributed by atoms with Gasteiger partial charge in [0.1, 0.15) is 6.04 Å². The Kier molecular flexibility index (Phi) is 5.65. The standard InChI is InChI=1S/C13H18BrNO2/c1-4-12(13(16)17-3)15-9(2)10-7-5-6-8-11(10)14/h5-9,12,15H,4H2,1-3H3/t9-,12?/m0/s1. The first-order chi connectivity index (χ1) is 8.10. The first kappa shape index (κ1) is 14.2. The number of benzene rings is 1. The summed E-state index contributed by atoms with van der Waals surface area (Å²) < 4.78 is 5.80. The maximum atomic E-state index is 11.5. The highest BCUT2D eigenvalue weighted by molar-refractivity contribution is 9.10. The number of hydrogen-bond donors (Lipinski definition) is 1. The first-order valence-electron chi connectivity index (χ1n) is 5.68. The Balaban J connectivity index is 2.74. The third-order valence-electron chi connectivity index (χ3n) is 2.72. The summed E-state index contributed by atoms with van der Waals surface area (Å²) in [5.41, 5.74) is 1.13. The van der Waals surface area contributed by atoms with E-state index < -0.39 is 0 Å². The minimum Gasteiger partial charge on any atom is -0.468 e. The lowest BCUT2D eigenvalue weighted by Gasteiger charge is -2.21. The van der Waals surface area contributed by atoms with E-state index in [1.165, 1.54) is 7.11 Å². The summed E-state index contributed by atoms with van der Waals surface area (Å²) in [5.74, 6) is -0.216. The van der Waals surface area contributed by atoms with Crippen LogP contribution in [0.15, 0.2) is 28.7 Å². The lowest BCUT2D eigenvalue weighted by molar-refractivity contribution is -0.143. The molecule has 1 aromatic rings. The van der Waals surface area contributed by atoms with E-state index in [9.17, 15) is 4.79 Å². The van der Waals surface area contributed by atoms with E-state index in [2.05, 4.69) is 21.2 Å². The number of rotatable bonds is 5. The predicted octanol–water partition coefficient (Wildman–Crippen LogP) is 3.05. The summed E-state index contributed by atoms with van der Waals surface area (Å²) >= 11 is 3.51. The number of hydrogen-bond acceptors (Lipinski definition) is 3. The topological polar surface area (TPSA) is 38.3 Å². The van der Waals surface area contributed by atoms with Crippen molar-refractivity contribution >= 4 is 21.9 Å². The molecule has 1 N–H and O–H groups in total. The molecule has 0 aromatic heterocycles. The Labute approximate surface area is 111 Å². The van der Waals surface area contributed by atoms with E-state index in [1.54, 1.807) is 0 Å². The first-order valence-corrected chi connectivity index (χ1v) is 6.47. The Morgan fingerprint density at radius 1 is 1.47 bits per heavy atom. The van der Waals surface area contributed by atoms with Gasteiger partial charge in [-0.3, -0.25) is 10.1 Å². The van der Waals surface area contributed by atoms with Crippen LogP contribution < -0.4 is 5.32 Å². The summed E-state index contributed by atoms with van der Waals surface area (Å²) in [7, 11) is 1.41. The van der Waals surface area contributed by atoms with Crippen molar-refractivity contribution in [2.24, 2.45) is 0 Å². The van der Waals surface area contributed by atoms with Crippen molar-refractivity contribution in [1.82, 2.24) is 5.32 Å². The fourth-order valence-electron chi connectivity index (χ4n) is 1.71. The van der Waals surface area contributed by atoms with Crippen LogP contribution in [0.5, 0.6) is 0 Å². The molecule has 94 valence electrons. The molecule has 1 rings (SSSR count). The maximum Gasteiger partial charge on any atom is 0.322 e. The Bertz CT molecular complexity index is 381. The highest BCUT2D eigenvalue weighted by atomic mass is 79.9. The van der Waals surface area contributed by atoms with Crippen molar-refractivity contribution in [2.75, 3.05) is 7.11 Å². The van der Waals surface area contributed by atoms with Crippen LogP contribution in [0, 0.1) is 0 Å². The fourth-order valence-corrected chi connectivity index (χ4v) is 2.34. The smallest absolute Gasteiger partial charge is 0.322 e. The molecule has 4 heteroatoms. The Hall–Kier alpha value is -0.870. The van der Waals surface area contributed by atoms with E-state index in [0.29, 0.717) is 6.42 Å². The molecule has 0 heterocycles. The molecule has 0 aliphatic rings. The second kappa shape index (κ2) is 6.77. The van der Waals surface area contributed by atoms with Gasteiger partial charge in [-0.25, -0.2) is 0 Å². The predicted molar refractivity (Wildman–Crippen MR) is 71.8 cm³/mol. The van der Waals surface area contributed by atoms with Crippen molar-refractivity contribution in [3.05, 3.63) is 34.3 Å². The van der Waals surface area contributed by atoms with E-state index >= 15 is 0 Å². The lowest BCUT2D eigenvalue weighted by atomic mass is 10.1. The van der Waals surface area contributed by atoms with Gasteiger partial charge in [0.25, 0.3) is 0 Å². The molecule has 0 saturated heterocycles. The van der Waals surface area contributed by atoms with Crippen LogP contribution in [-0.4, -0.2) is 19.1 Å². The monoisotopic (exact) mass is 299 g/mol. The molecule has 0 spiro atoms. The van der Waals surface area contributed by atoms with Crippen molar-refractivity contribution in [3.63, 3.8) is 0 Å². The SMILES string of the molecule is CCC(N[C@@H](C)c1ccccc1Br)C(=O)OC. The van der Waals surface area contributed by atoms with Crippen LogP contribution in [0.1, 0.15) is 31.9 Å². The van der Waals surface area contributed by atoms with Gasteiger partial charge in [-0.1, -0.05) is 41.1 Å². The van der Waals surface area contributed by atoms with Crippen LogP contribution in [0.2, 0.25) is 0 Å². The van der Waals surface area contributed by atoms with Gasteiger partial charge in [0.2, 0.25) is 0 Å². The molecule has 0 aliphatic carbocycles. The summed E-state index contributed by atoms with van der Waals surface area (Å²) in [4.78, 5) is 11.5. The van der Waals surface area contributed by atoms with Crippen LogP contribution in [0.25, 0.3) is 0 Å². The zero-order chi connectivity index (χ0) is 12.8. The number of ether oxygens (including phenoxy) is 1. The van der Waals surface area contributed by atoms with E-state index in [1.807, 2.05) is 38.1 Å². The van der Waals surface area contributed by atoms with Gasteiger partial charge < -0.3 is 4.74 Å². The van der Waals surface area contributed by atoms with E-state index in [-0.39, 0.29) is 18.1 Å². The molecule has 17 heavy (non-hydrogen) atoms. The van der Waals surface area contributed by atoms with Crippen LogP contribution >= 0.6 is 15.9 Å². The number of methoxy groups -OCH3 is 1. The normalized spacial score (nSPS) is 14.1. The molecule has 0 fully saturated rings. The second-order valence-corrected chi connectivity index (χ2v) is 4.75. The highest BCUT2D eigenvalue weighted by Crippen LogP contribution is 2.23.